The molecule has 4 heteroatoms. The Hall–Kier alpha value is -1.81. The Morgan fingerprint density at radius 2 is 1.90 bits per heavy atom. The summed E-state index contributed by atoms with van der Waals surface area (Å²) in [6.07, 6.45) is 0. The molecular weight excluding hydrogens is 319 g/mol. The van der Waals surface area contributed by atoms with Crippen molar-refractivity contribution in [1.82, 2.24) is 4.98 Å². The second-order valence-electron chi connectivity index (χ2n) is 4.98. The Morgan fingerprint density at radius 1 is 1.10 bits per heavy atom. The number of aromatic nitrogens is 1. The predicted octanol–water partition coefficient (Wildman–Crippen LogP) is 5.43. The molecule has 2 aromatic carbocycles. The minimum Gasteiger partial charge on any atom is -0.341 e. The average Bonchev–Trinajstić information content (AvgIpc) is 2.75. The molecule has 2 N–H and O–H groups in total. The maximum absolute atomic E-state index is 13.8. The van der Waals surface area contributed by atoms with Gasteiger partial charge < -0.3 is 10.3 Å². The van der Waals surface area contributed by atoms with Crippen molar-refractivity contribution in [1.29, 1.82) is 0 Å². The van der Waals surface area contributed by atoms with Crippen LogP contribution in [0.25, 0.3) is 10.9 Å². The quantitative estimate of drug-likeness (QED) is 0.643. The molecule has 0 fully saturated rings. The highest BCUT2D eigenvalue weighted by Gasteiger charge is 2.07. The van der Waals surface area contributed by atoms with E-state index in [1.165, 1.54) is 17.2 Å². The van der Waals surface area contributed by atoms with Crippen LogP contribution in [-0.2, 0) is 0 Å². The fraction of sp³-hybridized carbons (Fsp3) is 0.125. The highest BCUT2D eigenvalue weighted by Crippen LogP contribution is 2.27. The molecule has 0 aliphatic heterocycles. The van der Waals surface area contributed by atoms with Crippen LogP contribution in [0.3, 0.4) is 0 Å². The maximum Gasteiger partial charge on any atom is 0.147 e. The molecule has 3 aromatic rings. The Morgan fingerprint density at radius 3 is 2.65 bits per heavy atom. The summed E-state index contributed by atoms with van der Waals surface area (Å²) >= 11 is 3.25. The number of rotatable bonds is 2. The summed E-state index contributed by atoms with van der Waals surface area (Å²) in [6.45, 7) is 4.14. The Balaban J connectivity index is 2.01. The molecule has 2 nitrogen and oxygen atoms in total. The van der Waals surface area contributed by atoms with E-state index in [0.717, 1.165) is 21.2 Å². The van der Waals surface area contributed by atoms with Gasteiger partial charge >= 0.3 is 0 Å². The lowest BCUT2D eigenvalue weighted by atomic mass is 10.1. The molecule has 0 spiro atoms. The summed E-state index contributed by atoms with van der Waals surface area (Å²) in [6, 6.07) is 11.2. The lowest BCUT2D eigenvalue weighted by Crippen LogP contribution is -1.93. The van der Waals surface area contributed by atoms with Gasteiger partial charge in [-0.3, -0.25) is 0 Å². The second-order valence-corrected chi connectivity index (χ2v) is 5.89. The first-order chi connectivity index (χ1) is 9.52. The summed E-state index contributed by atoms with van der Waals surface area (Å²) < 4.78 is 14.6. The molecule has 0 saturated carbocycles. The number of fused-ring (bicyclic) bond motifs is 1. The molecule has 0 aliphatic carbocycles. The van der Waals surface area contributed by atoms with Crippen LogP contribution in [0.1, 0.15) is 11.1 Å². The lowest BCUT2D eigenvalue weighted by molar-refractivity contribution is 0.631. The first-order valence-corrected chi connectivity index (χ1v) is 7.14. The van der Waals surface area contributed by atoms with E-state index < -0.39 is 0 Å². The Kier molecular flexibility index (Phi) is 3.26. The van der Waals surface area contributed by atoms with Gasteiger partial charge in [0.15, 0.2) is 0 Å². The molecule has 0 atom stereocenters. The molecule has 3 rings (SSSR count). The lowest BCUT2D eigenvalue weighted by Gasteiger charge is -2.05. The molecular formula is C16H14BrFN2. The highest BCUT2D eigenvalue weighted by molar-refractivity contribution is 9.10. The number of anilines is 2. The van der Waals surface area contributed by atoms with Gasteiger partial charge in [-0.25, -0.2) is 4.39 Å². The number of nitrogens with one attached hydrogen (secondary N) is 2. The van der Waals surface area contributed by atoms with E-state index >= 15 is 0 Å². The third-order valence-corrected chi connectivity index (χ3v) is 3.76. The number of hydrogen-bond donors (Lipinski definition) is 2. The van der Waals surface area contributed by atoms with Crippen molar-refractivity contribution in [2.24, 2.45) is 0 Å². The Bertz CT molecular complexity index is 793. The van der Waals surface area contributed by atoms with Crippen molar-refractivity contribution in [3.05, 3.63) is 57.8 Å². The van der Waals surface area contributed by atoms with E-state index in [1.54, 1.807) is 6.07 Å². The molecule has 0 bridgehead atoms. The largest absolute Gasteiger partial charge is 0.341 e. The number of aryl methyl sites for hydroxylation is 2. The van der Waals surface area contributed by atoms with Crippen LogP contribution in [0.5, 0.6) is 0 Å². The first-order valence-electron chi connectivity index (χ1n) is 6.35. The van der Waals surface area contributed by atoms with Crippen LogP contribution in [-0.4, -0.2) is 4.98 Å². The van der Waals surface area contributed by atoms with Gasteiger partial charge in [0.25, 0.3) is 0 Å². The zero-order chi connectivity index (χ0) is 14.3. The Labute approximate surface area is 125 Å². The number of H-pyrrole nitrogens is 1. The van der Waals surface area contributed by atoms with E-state index in [0.29, 0.717) is 5.69 Å². The average molecular weight is 333 g/mol. The standard InChI is InChI=1S/C16H14BrFN2/c1-9-5-10(2)16-11(6-9)7-15(20-16)19-14-4-3-12(17)8-13(14)18/h3-8,19-20H,1-2H3. The van der Waals surface area contributed by atoms with Crippen molar-refractivity contribution in [2.45, 2.75) is 13.8 Å². The maximum atomic E-state index is 13.8. The number of benzene rings is 2. The van der Waals surface area contributed by atoms with Gasteiger partial charge in [0, 0.05) is 15.4 Å². The van der Waals surface area contributed by atoms with Gasteiger partial charge in [0.1, 0.15) is 11.6 Å². The van der Waals surface area contributed by atoms with E-state index in [2.05, 4.69) is 52.2 Å². The third kappa shape index (κ3) is 2.43. The molecule has 0 aliphatic rings. The molecule has 0 amide bonds. The summed E-state index contributed by atoms with van der Waals surface area (Å²) in [5.74, 6) is 0.501. The fourth-order valence-corrected chi connectivity index (χ4v) is 2.75. The van der Waals surface area contributed by atoms with Crippen LogP contribution in [0.15, 0.2) is 40.9 Å². The van der Waals surface area contributed by atoms with Gasteiger partial charge in [-0.05, 0) is 49.7 Å². The molecule has 0 radical (unpaired) electrons. The van der Waals surface area contributed by atoms with Crippen molar-refractivity contribution in [3.8, 4) is 0 Å². The van der Waals surface area contributed by atoms with Gasteiger partial charge in [-0.1, -0.05) is 27.6 Å². The topological polar surface area (TPSA) is 27.8 Å². The summed E-state index contributed by atoms with van der Waals surface area (Å²) in [5.41, 5.74) is 3.93. The van der Waals surface area contributed by atoms with Gasteiger partial charge in [-0.15, -0.1) is 0 Å². The van der Waals surface area contributed by atoms with Crippen LogP contribution in [0.2, 0.25) is 0 Å². The molecule has 102 valence electrons. The molecule has 1 heterocycles. The van der Waals surface area contributed by atoms with Gasteiger partial charge in [0.2, 0.25) is 0 Å². The van der Waals surface area contributed by atoms with Crippen molar-refractivity contribution in [2.75, 3.05) is 5.32 Å². The summed E-state index contributed by atoms with van der Waals surface area (Å²) in [7, 11) is 0. The fourth-order valence-electron chi connectivity index (χ4n) is 2.41. The van der Waals surface area contributed by atoms with E-state index in [-0.39, 0.29) is 5.82 Å². The first kappa shape index (κ1) is 13.2. The van der Waals surface area contributed by atoms with E-state index in [4.69, 9.17) is 0 Å². The van der Waals surface area contributed by atoms with Gasteiger partial charge in [0.05, 0.1) is 5.69 Å². The summed E-state index contributed by atoms with van der Waals surface area (Å²) in [5, 5.41) is 4.21. The molecule has 0 unspecified atom stereocenters. The highest BCUT2D eigenvalue weighted by atomic mass is 79.9. The second kappa shape index (κ2) is 4.94. The van der Waals surface area contributed by atoms with Crippen molar-refractivity contribution < 1.29 is 4.39 Å². The predicted molar refractivity (Wildman–Crippen MR) is 85.2 cm³/mol. The van der Waals surface area contributed by atoms with Crippen LogP contribution >= 0.6 is 15.9 Å². The zero-order valence-corrected chi connectivity index (χ0v) is 12.8. The zero-order valence-electron chi connectivity index (χ0n) is 11.2. The monoisotopic (exact) mass is 332 g/mol. The number of aromatic amines is 1. The minimum absolute atomic E-state index is 0.286. The van der Waals surface area contributed by atoms with Crippen LogP contribution in [0.4, 0.5) is 15.9 Å². The smallest absolute Gasteiger partial charge is 0.147 e. The van der Waals surface area contributed by atoms with Crippen molar-refractivity contribution in [3.63, 3.8) is 0 Å². The number of halogens is 2. The van der Waals surface area contributed by atoms with Crippen LogP contribution < -0.4 is 5.32 Å². The summed E-state index contributed by atoms with van der Waals surface area (Å²) in [4.78, 5) is 3.29. The van der Waals surface area contributed by atoms with Crippen molar-refractivity contribution >= 4 is 38.3 Å². The minimum atomic E-state index is -0.286. The molecule has 0 saturated heterocycles. The molecule has 20 heavy (non-hydrogen) atoms. The third-order valence-electron chi connectivity index (χ3n) is 3.27. The molecule has 1 aromatic heterocycles. The normalized spacial score (nSPS) is 11.0. The van der Waals surface area contributed by atoms with E-state index in [9.17, 15) is 4.39 Å². The number of hydrogen-bond acceptors (Lipinski definition) is 1. The SMILES string of the molecule is Cc1cc(C)c2[nH]c(Nc3ccc(Br)cc3F)cc2c1. The van der Waals surface area contributed by atoms with E-state index in [1.807, 2.05) is 12.1 Å². The van der Waals surface area contributed by atoms with Gasteiger partial charge in [-0.2, -0.15) is 0 Å². The van der Waals surface area contributed by atoms with Crippen LogP contribution in [0, 0.1) is 19.7 Å².